The zero-order valence-corrected chi connectivity index (χ0v) is 15.6. The van der Waals surface area contributed by atoms with Crippen LogP contribution in [-0.4, -0.2) is 61.5 Å². The minimum absolute atomic E-state index is 0.358. The van der Waals surface area contributed by atoms with Gasteiger partial charge in [-0.1, -0.05) is 36.4 Å². The molecule has 0 aromatic heterocycles. The van der Waals surface area contributed by atoms with Gasteiger partial charge in [-0.3, -0.25) is 9.69 Å². The summed E-state index contributed by atoms with van der Waals surface area (Å²) in [5, 5.41) is 2.66. The monoisotopic (exact) mass is 351 g/mol. The van der Waals surface area contributed by atoms with E-state index in [1.54, 1.807) is 0 Å². The van der Waals surface area contributed by atoms with E-state index in [4.69, 9.17) is 0 Å². The molecular weight excluding hydrogens is 322 g/mol. The van der Waals surface area contributed by atoms with Crippen LogP contribution in [0.25, 0.3) is 10.8 Å². The predicted molar refractivity (Wildman–Crippen MR) is 108 cm³/mol. The third kappa shape index (κ3) is 3.85. The number of hydrogen-bond donors (Lipinski definition) is 0. The summed E-state index contributed by atoms with van der Waals surface area (Å²) in [7, 11) is 0. The van der Waals surface area contributed by atoms with Crippen LogP contribution in [0.2, 0.25) is 0 Å². The van der Waals surface area contributed by atoms with Gasteiger partial charge in [-0.2, -0.15) is 0 Å². The lowest BCUT2D eigenvalue weighted by atomic mass is 10.1. The number of anilines is 1. The van der Waals surface area contributed by atoms with E-state index in [0.717, 1.165) is 52.2 Å². The molecule has 1 amide bonds. The molecule has 0 aliphatic carbocycles. The van der Waals surface area contributed by atoms with Crippen LogP contribution in [0.3, 0.4) is 0 Å². The first-order valence-corrected chi connectivity index (χ1v) is 10.0. The highest BCUT2D eigenvalue weighted by Crippen LogP contribution is 2.27. The Morgan fingerprint density at radius 1 is 0.846 bits per heavy atom. The van der Waals surface area contributed by atoms with Gasteiger partial charge in [-0.15, -0.1) is 0 Å². The van der Waals surface area contributed by atoms with Gasteiger partial charge in [0, 0.05) is 56.8 Å². The Bertz CT molecular complexity index is 741. The number of rotatable bonds is 5. The minimum atomic E-state index is 0.358. The average molecular weight is 351 g/mol. The smallest absolute Gasteiger partial charge is 0.222 e. The molecule has 0 spiro atoms. The topological polar surface area (TPSA) is 26.8 Å². The summed E-state index contributed by atoms with van der Waals surface area (Å²) in [6.45, 7) is 7.29. The van der Waals surface area contributed by atoms with Crippen LogP contribution in [0.5, 0.6) is 0 Å². The molecular formula is C22H29N3O. The fourth-order valence-electron chi connectivity index (χ4n) is 4.27. The quantitative estimate of drug-likeness (QED) is 0.826. The van der Waals surface area contributed by atoms with Crippen molar-refractivity contribution >= 4 is 22.4 Å². The van der Waals surface area contributed by atoms with E-state index in [1.165, 1.54) is 29.3 Å². The van der Waals surface area contributed by atoms with Crippen molar-refractivity contribution in [3.05, 3.63) is 42.5 Å². The molecule has 0 bridgehead atoms. The second-order valence-corrected chi connectivity index (χ2v) is 7.52. The van der Waals surface area contributed by atoms with Crippen LogP contribution in [0.1, 0.15) is 25.7 Å². The molecule has 2 aromatic rings. The Hall–Kier alpha value is -2.07. The molecule has 138 valence electrons. The van der Waals surface area contributed by atoms with Crippen molar-refractivity contribution in [3.8, 4) is 0 Å². The van der Waals surface area contributed by atoms with Crippen molar-refractivity contribution in [2.45, 2.75) is 25.7 Å². The highest BCUT2D eigenvalue weighted by molar-refractivity contribution is 5.94. The molecule has 2 aromatic carbocycles. The van der Waals surface area contributed by atoms with Gasteiger partial charge in [-0.05, 0) is 37.3 Å². The van der Waals surface area contributed by atoms with Crippen molar-refractivity contribution in [2.24, 2.45) is 0 Å². The Kier molecular flexibility index (Phi) is 5.40. The van der Waals surface area contributed by atoms with E-state index in [-0.39, 0.29) is 0 Å². The van der Waals surface area contributed by atoms with E-state index in [9.17, 15) is 4.79 Å². The van der Waals surface area contributed by atoms with Gasteiger partial charge in [0.1, 0.15) is 0 Å². The van der Waals surface area contributed by atoms with Gasteiger partial charge >= 0.3 is 0 Å². The maximum atomic E-state index is 12.1. The highest BCUT2D eigenvalue weighted by Gasteiger charge is 2.20. The Labute approximate surface area is 156 Å². The van der Waals surface area contributed by atoms with E-state index < -0.39 is 0 Å². The molecule has 0 unspecified atom stereocenters. The number of carbonyl (C=O) groups excluding carboxylic acids is 1. The first-order valence-electron chi connectivity index (χ1n) is 10.0. The molecule has 2 saturated heterocycles. The lowest BCUT2D eigenvalue weighted by molar-refractivity contribution is -0.130. The SMILES string of the molecule is O=C(CCCN1CCN(c2cccc3ccccc23)CC1)N1CCCC1. The lowest BCUT2D eigenvalue weighted by Gasteiger charge is -2.36. The lowest BCUT2D eigenvalue weighted by Crippen LogP contribution is -2.46. The number of hydrogen-bond acceptors (Lipinski definition) is 3. The van der Waals surface area contributed by atoms with Gasteiger partial charge in [-0.25, -0.2) is 0 Å². The third-order valence-corrected chi connectivity index (χ3v) is 5.80. The summed E-state index contributed by atoms with van der Waals surface area (Å²) in [5.74, 6) is 0.358. The summed E-state index contributed by atoms with van der Waals surface area (Å²) in [6.07, 6.45) is 4.07. The molecule has 0 radical (unpaired) electrons. The van der Waals surface area contributed by atoms with Gasteiger partial charge in [0.25, 0.3) is 0 Å². The summed E-state index contributed by atoms with van der Waals surface area (Å²) in [4.78, 5) is 19.2. The van der Waals surface area contributed by atoms with Crippen LogP contribution in [0.15, 0.2) is 42.5 Å². The average Bonchev–Trinajstić information content (AvgIpc) is 3.23. The standard InChI is InChI=1S/C22H29N3O/c26-22(25-13-3-4-14-25)11-6-12-23-15-17-24(18-16-23)21-10-5-8-19-7-1-2-9-20(19)21/h1-2,5,7-10H,3-4,6,11-18H2. The van der Waals surface area contributed by atoms with E-state index >= 15 is 0 Å². The molecule has 0 atom stereocenters. The summed E-state index contributed by atoms with van der Waals surface area (Å²) >= 11 is 0. The molecule has 0 N–H and O–H groups in total. The van der Waals surface area contributed by atoms with Gasteiger partial charge in [0.2, 0.25) is 5.91 Å². The van der Waals surface area contributed by atoms with Gasteiger partial charge in [0.15, 0.2) is 0 Å². The van der Waals surface area contributed by atoms with Crippen LogP contribution in [0.4, 0.5) is 5.69 Å². The van der Waals surface area contributed by atoms with Crippen molar-refractivity contribution < 1.29 is 4.79 Å². The molecule has 0 saturated carbocycles. The Morgan fingerprint density at radius 3 is 2.38 bits per heavy atom. The number of nitrogens with zero attached hydrogens (tertiary/aromatic N) is 3. The van der Waals surface area contributed by atoms with Crippen LogP contribution in [-0.2, 0) is 4.79 Å². The predicted octanol–water partition coefficient (Wildman–Crippen LogP) is 3.36. The zero-order chi connectivity index (χ0) is 17.8. The fourth-order valence-corrected chi connectivity index (χ4v) is 4.27. The van der Waals surface area contributed by atoms with Crippen LogP contribution >= 0.6 is 0 Å². The number of likely N-dealkylation sites (tertiary alicyclic amines) is 1. The van der Waals surface area contributed by atoms with Crippen LogP contribution in [0, 0.1) is 0 Å². The third-order valence-electron chi connectivity index (χ3n) is 5.80. The number of benzene rings is 2. The maximum Gasteiger partial charge on any atom is 0.222 e. The number of fused-ring (bicyclic) bond motifs is 1. The highest BCUT2D eigenvalue weighted by atomic mass is 16.2. The first kappa shape index (κ1) is 17.3. The van der Waals surface area contributed by atoms with Gasteiger partial charge in [0.05, 0.1) is 0 Å². The number of piperazine rings is 1. The Balaban J connectivity index is 1.27. The maximum absolute atomic E-state index is 12.1. The molecule has 2 fully saturated rings. The molecule has 2 heterocycles. The largest absolute Gasteiger partial charge is 0.368 e. The van der Waals surface area contributed by atoms with Crippen LogP contribution < -0.4 is 4.90 Å². The molecule has 2 aliphatic heterocycles. The van der Waals surface area contributed by atoms with E-state index in [0.29, 0.717) is 12.3 Å². The number of carbonyl (C=O) groups is 1. The van der Waals surface area contributed by atoms with E-state index in [1.807, 2.05) is 4.90 Å². The summed E-state index contributed by atoms with van der Waals surface area (Å²) in [5.41, 5.74) is 1.35. The number of amides is 1. The van der Waals surface area contributed by atoms with Crippen molar-refractivity contribution in [1.29, 1.82) is 0 Å². The van der Waals surface area contributed by atoms with Crippen molar-refractivity contribution in [2.75, 3.05) is 50.7 Å². The summed E-state index contributed by atoms with van der Waals surface area (Å²) in [6, 6.07) is 15.2. The second kappa shape index (κ2) is 8.09. The minimum Gasteiger partial charge on any atom is -0.368 e. The van der Waals surface area contributed by atoms with Crippen molar-refractivity contribution in [3.63, 3.8) is 0 Å². The molecule has 4 rings (SSSR count). The molecule has 4 heteroatoms. The summed E-state index contributed by atoms with van der Waals surface area (Å²) < 4.78 is 0. The Morgan fingerprint density at radius 2 is 1.58 bits per heavy atom. The first-order chi connectivity index (χ1) is 12.8. The van der Waals surface area contributed by atoms with E-state index in [2.05, 4.69) is 52.3 Å². The van der Waals surface area contributed by atoms with Gasteiger partial charge < -0.3 is 9.80 Å². The fraction of sp³-hybridized carbons (Fsp3) is 0.500. The van der Waals surface area contributed by atoms with Crippen molar-refractivity contribution in [1.82, 2.24) is 9.80 Å². The zero-order valence-electron chi connectivity index (χ0n) is 15.6. The second-order valence-electron chi connectivity index (χ2n) is 7.52. The normalized spacial score (nSPS) is 18.6. The molecule has 4 nitrogen and oxygen atoms in total. The molecule has 2 aliphatic rings. The molecule has 26 heavy (non-hydrogen) atoms.